The number of rotatable bonds is 4. The van der Waals surface area contributed by atoms with E-state index in [0.717, 1.165) is 11.3 Å². The van der Waals surface area contributed by atoms with Gasteiger partial charge < -0.3 is 11.1 Å². The molecule has 1 amide bonds. The minimum atomic E-state index is -1.06. The molecule has 1 unspecified atom stereocenters. The number of hydrogen-bond donors (Lipinski definition) is 2. The molecule has 2 rings (SSSR count). The van der Waals surface area contributed by atoms with Gasteiger partial charge in [-0.15, -0.1) is 0 Å². The van der Waals surface area contributed by atoms with Crippen molar-refractivity contribution in [2.75, 3.05) is 5.32 Å². The van der Waals surface area contributed by atoms with Crippen LogP contribution in [0.3, 0.4) is 0 Å². The fourth-order valence-corrected chi connectivity index (χ4v) is 2.46. The molecule has 0 heterocycles. The van der Waals surface area contributed by atoms with E-state index >= 15 is 0 Å². The van der Waals surface area contributed by atoms with E-state index in [1.165, 1.54) is 0 Å². The van der Waals surface area contributed by atoms with Gasteiger partial charge in [0.15, 0.2) is 0 Å². The van der Waals surface area contributed by atoms with Crippen molar-refractivity contribution in [3.8, 4) is 0 Å². The van der Waals surface area contributed by atoms with Crippen LogP contribution in [0.5, 0.6) is 0 Å². The number of nitrogens with one attached hydrogen (secondary N) is 1. The Hall–Kier alpha value is -2.00. The van der Waals surface area contributed by atoms with Crippen LogP contribution in [-0.2, 0) is 10.3 Å². The van der Waals surface area contributed by atoms with E-state index in [1.54, 1.807) is 19.1 Å². The molecule has 2 aromatic carbocycles. The van der Waals surface area contributed by atoms with E-state index in [4.69, 9.17) is 17.3 Å². The monoisotopic (exact) mass is 288 g/mol. The number of carbonyl (C=O) groups is 1. The second-order valence-corrected chi connectivity index (χ2v) is 5.37. The summed E-state index contributed by atoms with van der Waals surface area (Å²) in [6.07, 6.45) is 0. The summed E-state index contributed by atoms with van der Waals surface area (Å²) in [5.41, 5.74) is 7.12. The average Bonchev–Trinajstić information content (AvgIpc) is 2.38. The maximum Gasteiger partial charge on any atom is 0.247 e. The first-order valence-electron chi connectivity index (χ1n) is 6.33. The van der Waals surface area contributed by atoms with Crippen molar-refractivity contribution in [3.05, 3.63) is 64.7 Å². The maximum absolute atomic E-state index is 12.0. The normalized spacial score (nSPS) is 13.6. The van der Waals surface area contributed by atoms with Crippen LogP contribution in [-0.4, -0.2) is 5.91 Å². The van der Waals surface area contributed by atoms with Crippen LogP contribution in [0.2, 0.25) is 5.02 Å². The molecule has 0 saturated heterocycles. The van der Waals surface area contributed by atoms with E-state index < -0.39 is 11.4 Å². The zero-order chi connectivity index (χ0) is 14.8. The summed E-state index contributed by atoms with van der Waals surface area (Å²) >= 11 is 6.20. The van der Waals surface area contributed by atoms with Gasteiger partial charge in [-0.3, -0.25) is 4.79 Å². The van der Waals surface area contributed by atoms with Gasteiger partial charge in [0.25, 0.3) is 0 Å². The quantitative estimate of drug-likeness (QED) is 0.905. The number of aryl methyl sites for hydroxylation is 1. The number of anilines is 1. The van der Waals surface area contributed by atoms with Gasteiger partial charge >= 0.3 is 0 Å². The van der Waals surface area contributed by atoms with Crippen molar-refractivity contribution in [1.29, 1.82) is 0 Å². The average molecular weight is 289 g/mol. The third-order valence-corrected chi connectivity index (χ3v) is 3.65. The number of halogens is 1. The van der Waals surface area contributed by atoms with E-state index in [9.17, 15) is 4.79 Å². The molecule has 1 atom stereocenters. The molecule has 104 valence electrons. The molecule has 0 spiro atoms. The van der Waals surface area contributed by atoms with Crippen LogP contribution in [0.1, 0.15) is 18.1 Å². The minimum Gasteiger partial charge on any atom is -0.368 e. The fraction of sp³-hybridized carbons (Fsp3) is 0.188. The first-order chi connectivity index (χ1) is 9.43. The second kappa shape index (κ2) is 5.55. The first kappa shape index (κ1) is 14.4. The van der Waals surface area contributed by atoms with Gasteiger partial charge in [0.05, 0.1) is 0 Å². The zero-order valence-electron chi connectivity index (χ0n) is 11.5. The molecular weight excluding hydrogens is 272 g/mol. The highest BCUT2D eigenvalue weighted by atomic mass is 35.5. The number of amides is 1. The lowest BCUT2D eigenvalue weighted by molar-refractivity contribution is -0.122. The summed E-state index contributed by atoms with van der Waals surface area (Å²) < 4.78 is 0. The van der Waals surface area contributed by atoms with E-state index in [1.807, 2.05) is 43.3 Å². The standard InChI is InChI=1S/C16H17ClN2O/c1-11-6-5-7-12(10-11)19-16(2,15(18)20)13-8-3-4-9-14(13)17/h3-10,19H,1-2H3,(H2,18,20). The Morgan fingerprint density at radius 2 is 1.90 bits per heavy atom. The predicted octanol–water partition coefficient (Wildman–Crippen LogP) is 3.46. The number of benzene rings is 2. The molecule has 3 nitrogen and oxygen atoms in total. The van der Waals surface area contributed by atoms with Crippen molar-refractivity contribution in [1.82, 2.24) is 0 Å². The topological polar surface area (TPSA) is 55.1 Å². The third-order valence-electron chi connectivity index (χ3n) is 3.32. The first-order valence-corrected chi connectivity index (χ1v) is 6.71. The van der Waals surface area contributed by atoms with Crippen molar-refractivity contribution < 1.29 is 4.79 Å². The van der Waals surface area contributed by atoms with Crippen molar-refractivity contribution in [2.24, 2.45) is 5.73 Å². The van der Waals surface area contributed by atoms with Crippen molar-refractivity contribution >= 4 is 23.2 Å². The summed E-state index contributed by atoms with van der Waals surface area (Å²) in [7, 11) is 0. The molecule has 2 aromatic rings. The van der Waals surface area contributed by atoms with Gasteiger partial charge in [0.1, 0.15) is 5.54 Å². The summed E-state index contributed by atoms with van der Waals surface area (Å²) in [5, 5.41) is 3.70. The minimum absolute atomic E-state index is 0.480. The Morgan fingerprint density at radius 3 is 2.50 bits per heavy atom. The molecule has 0 radical (unpaired) electrons. The molecule has 0 aromatic heterocycles. The molecule has 0 fully saturated rings. The van der Waals surface area contributed by atoms with Crippen molar-refractivity contribution in [2.45, 2.75) is 19.4 Å². The van der Waals surface area contributed by atoms with Crippen LogP contribution in [0.25, 0.3) is 0 Å². The van der Waals surface area contributed by atoms with Gasteiger partial charge in [0, 0.05) is 16.3 Å². The van der Waals surface area contributed by atoms with Crippen LogP contribution >= 0.6 is 11.6 Å². The van der Waals surface area contributed by atoms with Crippen molar-refractivity contribution in [3.63, 3.8) is 0 Å². The number of carbonyl (C=O) groups excluding carboxylic acids is 1. The molecule has 3 N–H and O–H groups in total. The molecule has 20 heavy (non-hydrogen) atoms. The summed E-state index contributed by atoms with van der Waals surface area (Å²) in [6.45, 7) is 3.72. The Kier molecular flexibility index (Phi) is 4.00. The lowest BCUT2D eigenvalue weighted by Gasteiger charge is -2.30. The third kappa shape index (κ3) is 2.78. The molecule has 0 aliphatic carbocycles. The van der Waals surface area contributed by atoms with Gasteiger partial charge in [0.2, 0.25) is 5.91 Å². The van der Waals surface area contributed by atoms with Gasteiger partial charge in [-0.2, -0.15) is 0 Å². The van der Waals surface area contributed by atoms with E-state index in [2.05, 4.69) is 5.32 Å². The summed E-state index contributed by atoms with van der Waals surface area (Å²) in [6, 6.07) is 15.0. The molecule has 0 aliphatic rings. The maximum atomic E-state index is 12.0. The largest absolute Gasteiger partial charge is 0.368 e. The molecule has 0 aliphatic heterocycles. The van der Waals surface area contributed by atoms with E-state index in [-0.39, 0.29) is 0 Å². The van der Waals surface area contributed by atoms with E-state index in [0.29, 0.717) is 10.6 Å². The van der Waals surface area contributed by atoms with Gasteiger partial charge in [-0.25, -0.2) is 0 Å². The highest BCUT2D eigenvalue weighted by molar-refractivity contribution is 6.31. The smallest absolute Gasteiger partial charge is 0.247 e. The van der Waals surface area contributed by atoms with Crippen LogP contribution < -0.4 is 11.1 Å². The lowest BCUT2D eigenvalue weighted by Crippen LogP contribution is -2.45. The van der Waals surface area contributed by atoms with Crippen LogP contribution in [0.15, 0.2) is 48.5 Å². The predicted molar refractivity (Wildman–Crippen MR) is 82.8 cm³/mol. The summed E-state index contributed by atoms with van der Waals surface area (Å²) in [4.78, 5) is 12.0. The number of primary amides is 1. The lowest BCUT2D eigenvalue weighted by atomic mass is 9.90. The fourth-order valence-electron chi connectivity index (χ4n) is 2.14. The van der Waals surface area contributed by atoms with Crippen LogP contribution in [0.4, 0.5) is 5.69 Å². The van der Waals surface area contributed by atoms with Crippen LogP contribution in [0, 0.1) is 6.92 Å². The number of nitrogens with two attached hydrogens (primary N) is 1. The highest BCUT2D eigenvalue weighted by Crippen LogP contribution is 2.31. The summed E-state index contributed by atoms with van der Waals surface area (Å²) in [5.74, 6) is -0.480. The Labute approximate surface area is 123 Å². The van der Waals surface area contributed by atoms with Gasteiger partial charge in [-0.1, -0.05) is 41.9 Å². The molecule has 4 heteroatoms. The SMILES string of the molecule is Cc1cccc(NC(C)(C(N)=O)c2ccccc2Cl)c1. The molecule has 0 saturated carbocycles. The zero-order valence-corrected chi connectivity index (χ0v) is 12.2. The Bertz CT molecular complexity index is 642. The Morgan fingerprint density at radius 1 is 1.20 bits per heavy atom. The highest BCUT2D eigenvalue weighted by Gasteiger charge is 2.34. The molecular formula is C16H17ClN2O. The molecule has 0 bridgehead atoms. The number of hydrogen-bond acceptors (Lipinski definition) is 2. The van der Waals surface area contributed by atoms with Gasteiger partial charge in [-0.05, 0) is 37.6 Å². The Balaban J connectivity index is 2.46. The second-order valence-electron chi connectivity index (χ2n) is 4.96.